The summed E-state index contributed by atoms with van der Waals surface area (Å²) in [6, 6.07) is 8.30. The Labute approximate surface area is 118 Å². The Morgan fingerprint density at radius 3 is 2.70 bits per heavy atom. The average Bonchev–Trinajstić information content (AvgIpc) is 2.44. The van der Waals surface area contributed by atoms with Gasteiger partial charge in [0.1, 0.15) is 6.54 Å². The van der Waals surface area contributed by atoms with Crippen LogP contribution in [0.25, 0.3) is 0 Å². The molecule has 0 saturated carbocycles. The number of benzene rings is 1. The lowest BCUT2D eigenvalue weighted by atomic mass is 9.79. The quantitative estimate of drug-likeness (QED) is 0.877. The van der Waals surface area contributed by atoms with Crippen molar-refractivity contribution in [3.63, 3.8) is 0 Å². The molecule has 108 valence electrons. The molecule has 5 nitrogen and oxygen atoms in total. The van der Waals surface area contributed by atoms with Crippen molar-refractivity contribution in [2.24, 2.45) is 0 Å². The number of alkyl carbamates (subject to hydrolysis) is 1. The summed E-state index contributed by atoms with van der Waals surface area (Å²) < 4.78 is 4.43. The van der Waals surface area contributed by atoms with Gasteiger partial charge >= 0.3 is 6.09 Å². The third-order valence-corrected chi connectivity index (χ3v) is 3.66. The summed E-state index contributed by atoms with van der Waals surface area (Å²) in [5, 5.41) is 5.39. The maximum atomic E-state index is 11.9. The molecule has 1 atom stereocenters. The summed E-state index contributed by atoms with van der Waals surface area (Å²) in [5.41, 5.74) is 2.37. The molecule has 0 spiro atoms. The van der Waals surface area contributed by atoms with Crippen LogP contribution in [0, 0.1) is 0 Å². The van der Waals surface area contributed by atoms with E-state index in [1.165, 1.54) is 18.2 Å². The zero-order chi connectivity index (χ0) is 14.6. The lowest BCUT2D eigenvalue weighted by molar-refractivity contribution is -0.122. The second kappa shape index (κ2) is 5.94. The van der Waals surface area contributed by atoms with Crippen molar-refractivity contribution >= 4 is 12.0 Å². The van der Waals surface area contributed by atoms with Crippen molar-refractivity contribution in [1.29, 1.82) is 0 Å². The number of amides is 2. The summed E-state index contributed by atoms with van der Waals surface area (Å²) in [7, 11) is 1.27. The van der Waals surface area contributed by atoms with Crippen LogP contribution in [0.15, 0.2) is 24.3 Å². The van der Waals surface area contributed by atoms with Crippen molar-refractivity contribution in [3.8, 4) is 0 Å². The van der Waals surface area contributed by atoms with Crippen molar-refractivity contribution in [1.82, 2.24) is 10.6 Å². The number of fused-ring (bicyclic) bond motifs is 1. The van der Waals surface area contributed by atoms with Crippen LogP contribution in [-0.4, -0.2) is 31.2 Å². The van der Waals surface area contributed by atoms with Gasteiger partial charge in [-0.2, -0.15) is 0 Å². The van der Waals surface area contributed by atoms with Gasteiger partial charge < -0.3 is 15.4 Å². The SMILES string of the molecule is COC(=O)NCC(=O)N[C@@]1(C)CCc2ccccc2C1. The minimum absolute atomic E-state index is 0.0656. The monoisotopic (exact) mass is 276 g/mol. The second-order valence-electron chi connectivity index (χ2n) is 5.40. The van der Waals surface area contributed by atoms with Gasteiger partial charge in [0.25, 0.3) is 0 Å². The average molecular weight is 276 g/mol. The molecule has 5 heteroatoms. The van der Waals surface area contributed by atoms with Crippen LogP contribution in [0.2, 0.25) is 0 Å². The molecule has 0 bridgehead atoms. The molecular weight excluding hydrogens is 256 g/mol. The summed E-state index contributed by atoms with van der Waals surface area (Å²) >= 11 is 0. The van der Waals surface area contributed by atoms with E-state index < -0.39 is 6.09 Å². The van der Waals surface area contributed by atoms with E-state index in [2.05, 4.69) is 27.5 Å². The highest BCUT2D eigenvalue weighted by Crippen LogP contribution is 2.28. The van der Waals surface area contributed by atoms with E-state index in [4.69, 9.17) is 0 Å². The van der Waals surface area contributed by atoms with Crippen LogP contribution in [0.4, 0.5) is 4.79 Å². The van der Waals surface area contributed by atoms with Crippen LogP contribution in [0.1, 0.15) is 24.5 Å². The maximum Gasteiger partial charge on any atom is 0.407 e. The van der Waals surface area contributed by atoms with E-state index >= 15 is 0 Å². The first-order chi connectivity index (χ1) is 9.52. The fourth-order valence-electron chi connectivity index (χ4n) is 2.61. The van der Waals surface area contributed by atoms with Gasteiger partial charge in [-0.05, 0) is 37.3 Å². The van der Waals surface area contributed by atoms with Crippen LogP contribution in [0.3, 0.4) is 0 Å². The van der Waals surface area contributed by atoms with Crippen molar-refractivity contribution in [2.45, 2.75) is 31.7 Å². The zero-order valence-electron chi connectivity index (χ0n) is 11.9. The Kier molecular flexibility index (Phi) is 4.27. The Morgan fingerprint density at radius 1 is 1.30 bits per heavy atom. The third kappa shape index (κ3) is 3.50. The van der Waals surface area contributed by atoms with Crippen LogP contribution >= 0.6 is 0 Å². The number of ether oxygens (including phenoxy) is 1. The van der Waals surface area contributed by atoms with Crippen LogP contribution < -0.4 is 10.6 Å². The fraction of sp³-hybridized carbons (Fsp3) is 0.467. The maximum absolute atomic E-state index is 11.9. The van der Waals surface area contributed by atoms with Gasteiger partial charge in [0, 0.05) is 5.54 Å². The Hall–Kier alpha value is -2.04. The van der Waals surface area contributed by atoms with E-state index in [-0.39, 0.29) is 18.0 Å². The number of nitrogens with one attached hydrogen (secondary N) is 2. The summed E-state index contributed by atoms with van der Waals surface area (Å²) in [5.74, 6) is -0.197. The number of carbonyl (C=O) groups excluding carboxylic acids is 2. The first-order valence-electron chi connectivity index (χ1n) is 6.72. The molecule has 0 aliphatic heterocycles. The minimum atomic E-state index is -0.598. The Balaban J connectivity index is 1.93. The molecule has 1 aromatic carbocycles. The minimum Gasteiger partial charge on any atom is -0.453 e. The van der Waals surface area contributed by atoms with Crippen molar-refractivity contribution in [3.05, 3.63) is 35.4 Å². The van der Waals surface area contributed by atoms with E-state index in [0.29, 0.717) is 0 Å². The number of methoxy groups -OCH3 is 1. The van der Waals surface area contributed by atoms with E-state index in [1.807, 2.05) is 19.1 Å². The van der Waals surface area contributed by atoms with Gasteiger partial charge in [0.2, 0.25) is 5.91 Å². The highest BCUT2D eigenvalue weighted by atomic mass is 16.5. The molecule has 20 heavy (non-hydrogen) atoms. The summed E-state index contributed by atoms with van der Waals surface area (Å²) in [6.07, 6.45) is 2.07. The number of hydrogen-bond acceptors (Lipinski definition) is 3. The number of carbonyl (C=O) groups is 2. The first kappa shape index (κ1) is 14.4. The van der Waals surface area contributed by atoms with Crippen LogP contribution in [0.5, 0.6) is 0 Å². The molecule has 0 radical (unpaired) electrons. The Morgan fingerprint density at radius 2 is 2.00 bits per heavy atom. The van der Waals surface area contributed by atoms with Crippen LogP contribution in [-0.2, 0) is 22.4 Å². The molecular formula is C15H20N2O3. The summed E-state index contributed by atoms with van der Waals surface area (Å²) in [6.45, 7) is 1.98. The molecule has 1 aliphatic rings. The highest BCUT2D eigenvalue weighted by Gasteiger charge is 2.31. The van der Waals surface area contributed by atoms with Crippen molar-refractivity contribution < 1.29 is 14.3 Å². The predicted molar refractivity (Wildman–Crippen MR) is 75.4 cm³/mol. The topological polar surface area (TPSA) is 67.4 Å². The lowest BCUT2D eigenvalue weighted by Crippen LogP contribution is -2.52. The number of hydrogen-bond donors (Lipinski definition) is 2. The molecule has 0 saturated heterocycles. The summed E-state index contributed by atoms with van der Waals surface area (Å²) in [4.78, 5) is 22.8. The molecule has 0 fully saturated rings. The van der Waals surface area contributed by atoms with Gasteiger partial charge in [0.05, 0.1) is 7.11 Å². The van der Waals surface area contributed by atoms with Gasteiger partial charge in [-0.25, -0.2) is 4.79 Å². The largest absolute Gasteiger partial charge is 0.453 e. The first-order valence-corrected chi connectivity index (χ1v) is 6.72. The number of aryl methyl sites for hydroxylation is 1. The fourth-order valence-corrected chi connectivity index (χ4v) is 2.61. The molecule has 2 amide bonds. The predicted octanol–water partition coefficient (Wildman–Crippen LogP) is 1.41. The van der Waals surface area contributed by atoms with Gasteiger partial charge in [0.15, 0.2) is 0 Å². The van der Waals surface area contributed by atoms with Crippen molar-refractivity contribution in [2.75, 3.05) is 13.7 Å². The highest BCUT2D eigenvalue weighted by molar-refractivity contribution is 5.82. The van der Waals surface area contributed by atoms with Gasteiger partial charge in [-0.3, -0.25) is 4.79 Å². The smallest absolute Gasteiger partial charge is 0.407 e. The molecule has 0 aromatic heterocycles. The molecule has 0 heterocycles. The van der Waals surface area contributed by atoms with E-state index in [0.717, 1.165) is 19.3 Å². The third-order valence-electron chi connectivity index (χ3n) is 3.66. The molecule has 2 rings (SSSR count). The molecule has 1 aliphatic carbocycles. The zero-order valence-corrected chi connectivity index (χ0v) is 11.9. The standard InChI is InChI=1S/C15H20N2O3/c1-15(17-13(18)10-16-14(19)20-2)8-7-11-5-3-4-6-12(11)9-15/h3-6H,7-10H2,1-2H3,(H,16,19)(H,17,18)/t15-/m0/s1. The second-order valence-corrected chi connectivity index (χ2v) is 5.40. The lowest BCUT2D eigenvalue weighted by Gasteiger charge is -2.35. The van der Waals surface area contributed by atoms with Gasteiger partial charge in [-0.1, -0.05) is 24.3 Å². The van der Waals surface area contributed by atoms with Gasteiger partial charge in [-0.15, -0.1) is 0 Å². The van der Waals surface area contributed by atoms with E-state index in [9.17, 15) is 9.59 Å². The number of rotatable bonds is 3. The molecule has 2 N–H and O–H groups in total. The Bertz CT molecular complexity index is 516. The molecule has 0 unspecified atom stereocenters. The van der Waals surface area contributed by atoms with E-state index in [1.54, 1.807) is 0 Å². The molecule has 1 aromatic rings. The normalized spacial score (nSPS) is 20.7.